The summed E-state index contributed by atoms with van der Waals surface area (Å²) in [5.74, 6) is -0.247. The Kier molecular flexibility index (Phi) is 7.89. The van der Waals surface area contributed by atoms with Gasteiger partial charge in [0, 0.05) is 22.9 Å². The van der Waals surface area contributed by atoms with Crippen molar-refractivity contribution >= 4 is 45.7 Å². The van der Waals surface area contributed by atoms with Crippen LogP contribution in [-0.4, -0.2) is 47.5 Å². The lowest BCUT2D eigenvalue weighted by atomic mass is 10.1. The molecule has 0 aliphatic rings. The number of thioether (sulfide) groups is 1. The monoisotopic (exact) mass is 538 g/mol. The molecule has 2 aromatic heterocycles. The van der Waals surface area contributed by atoms with Crippen LogP contribution in [0.1, 0.15) is 32.3 Å². The molecule has 2 heterocycles. The van der Waals surface area contributed by atoms with E-state index in [4.69, 9.17) is 0 Å². The van der Waals surface area contributed by atoms with E-state index in [9.17, 15) is 19.7 Å². The molecule has 4 aromatic rings. The Morgan fingerprint density at radius 2 is 1.86 bits per heavy atom. The van der Waals surface area contributed by atoms with Crippen LogP contribution in [0, 0.1) is 30.9 Å². The van der Waals surface area contributed by atoms with E-state index in [1.165, 1.54) is 48.2 Å². The number of aryl methyl sites for hydroxylation is 2. The van der Waals surface area contributed by atoms with Crippen molar-refractivity contribution in [1.82, 2.24) is 30.3 Å². The van der Waals surface area contributed by atoms with Crippen LogP contribution in [0.25, 0.3) is 5.69 Å². The van der Waals surface area contributed by atoms with Crippen LogP contribution in [0.3, 0.4) is 0 Å². The second kappa shape index (κ2) is 11.3. The number of anilines is 1. The third-order valence-electron chi connectivity index (χ3n) is 5.22. The molecule has 0 spiro atoms. The first kappa shape index (κ1) is 25.9. The van der Waals surface area contributed by atoms with Gasteiger partial charge in [-0.05, 0) is 44.5 Å². The molecule has 0 saturated carbocycles. The quantitative estimate of drug-likeness (QED) is 0.184. The number of hydrogen-bond donors (Lipinski definition) is 2. The van der Waals surface area contributed by atoms with Crippen LogP contribution in [0.5, 0.6) is 0 Å². The lowest BCUT2D eigenvalue weighted by Gasteiger charge is -2.12. The molecule has 2 N–H and O–H groups in total. The third kappa shape index (κ3) is 6.16. The summed E-state index contributed by atoms with van der Waals surface area (Å²) < 4.78 is 1.76. The fourth-order valence-electron chi connectivity index (χ4n) is 3.49. The van der Waals surface area contributed by atoms with Crippen molar-refractivity contribution in [2.24, 2.45) is 0 Å². The standard InChI is InChI=1S/C23H22N8O4S2/c1-13-6-4-7-16(10-13)30-19(11-24-21(33)17-8-5-9-18(14(17)2)31(34)35)27-29-23(30)36-12-20(32)25-22-28-26-15(3)37-22/h4-10H,11-12H2,1-3H3,(H,24,33)(H,25,28,32). The Labute approximate surface area is 219 Å². The number of nitro benzene ring substituents is 1. The first-order chi connectivity index (χ1) is 17.7. The Morgan fingerprint density at radius 1 is 1.08 bits per heavy atom. The van der Waals surface area contributed by atoms with Gasteiger partial charge in [-0.3, -0.25) is 29.6 Å². The van der Waals surface area contributed by atoms with Crippen molar-refractivity contribution in [2.75, 3.05) is 11.1 Å². The van der Waals surface area contributed by atoms with E-state index in [1.807, 2.05) is 31.2 Å². The smallest absolute Gasteiger partial charge is 0.273 e. The van der Waals surface area contributed by atoms with Gasteiger partial charge < -0.3 is 5.32 Å². The molecule has 0 atom stereocenters. The second-order valence-electron chi connectivity index (χ2n) is 7.93. The van der Waals surface area contributed by atoms with Crippen LogP contribution in [0.2, 0.25) is 0 Å². The van der Waals surface area contributed by atoms with Crippen LogP contribution >= 0.6 is 23.1 Å². The number of benzene rings is 2. The van der Waals surface area contributed by atoms with Crippen LogP contribution in [0.15, 0.2) is 47.6 Å². The molecule has 190 valence electrons. The van der Waals surface area contributed by atoms with Gasteiger partial charge in [-0.2, -0.15) is 0 Å². The van der Waals surface area contributed by atoms with E-state index in [0.29, 0.717) is 16.1 Å². The van der Waals surface area contributed by atoms with E-state index in [0.717, 1.165) is 16.3 Å². The predicted molar refractivity (Wildman–Crippen MR) is 139 cm³/mol. The lowest BCUT2D eigenvalue weighted by Crippen LogP contribution is -2.25. The van der Waals surface area contributed by atoms with Gasteiger partial charge in [0.25, 0.3) is 11.6 Å². The molecule has 2 aromatic carbocycles. The zero-order valence-corrected chi connectivity index (χ0v) is 21.7. The number of hydrogen-bond acceptors (Lipinski definition) is 10. The summed E-state index contributed by atoms with van der Waals surface area (Å²) in [5, 5.41) is 34.6. The molecule has 12 nitrogen and oxygen atoms in total. The first-order valence-electron chi connectivity index (χ1n) is 11.0. The van der Waals surface area contributed by atoms with Crippen molar-refractivity contribution in [3.63, 3.8) is 0 Å². The number of aromatic nitrogens is 5. The number of carbonyl (C=O) groups is 2. The molecule has 0 radical (unpaired) electrons. The summed E-state index contributed by atoms with van der Waals surface area (Å²) in [5.41, 5.74) is 2.13. The van der Waals surface area contributed by atoms with Crippen LogP contribution < -0.4 is 10.6 Å². The molecule has 0 saturated heterocycles. The number of rotatable bonds is 9. The number of nitrogens with zero attached hydrogens (tertiary/aromatic N) is 6. The SMILES string of the molecule is Cc1cccc(-n2c(CNC(=O)c3cccc([N+](=O)[O-])c3C)nnc2SCC(=O)Nc2nnc(C)s2)c1. The zero-order chi connectivity index (χ0) is 26.5. The van der Waals surface area contributed by atoms with Gasteiger partial charge in [0.15, 0.2) is 11.0 Å². The minimum Gasteiger partial charge on any atom is -0.345 e. The normalized spacial score (nSPS) is 10.8. The molecular formula is C23H22N8O4S2. The van der Waals surface area contributed by atoms with Crippen molar-refractivity contribution in [3.8, 4) is 5.69 Å². The first-order valence-corrected chi connectivity index (χ1v) is 12.8. The average Bonchev–Trinajstić information content (AvgIpc) is 3.46. The number of nitrogens with one attached hydrogen (secondary N) is 2. The summed E-state index contributed by atoms with van der Waals surface area (Å²) in [6, 6.07) is 12.0. The van der Waals surface area contributed by atoms with E-state index in [1.54, 1.807) is 11.5 Å². The lowest BCUT2D eigenvalue weighted by molar-refractivity contribution is -0.385. The van der Waals surface area contributed by atoms with Crippen molar-refractivity contribution in [1.29, 1.82) is 0 Å². The Morgan fingerprint density at radius 3 is 2.57 bits per heavy atom. The highest BCUT2D eigenvalue weighted by Gasteiger charge is 2.20. The maximum atomic E-state index is 12.9. The molecular weight excluding hydrogens is 516 g/mol. The Hall–Kier alpha value is -4.17. The van der Waals surface area contributed by atoms with Crippen molar-refractivity contribution < 1.29 is 14.5 Å². The maximum Gasteiger partial charge on any atom is 0.273 e. The fourth-order valence-corrected chi connectivity index (χ4v) is 4.87. The van der Waals surface area contributed by atoms with Gasteiger partial charge in [-0.15, -0.1) is 20.4 Å². The van der Waals surface area contributed by atoms with Gasteiger partial charge in [0.2, 0.25) is 11.0 Å². The van der Waals surface area contributed by atoms with Gasteiger partial charge in [-0.1, -0.05) is 41.3 Å². The minimum atomic E-state index is -0.522. The molecule has 0 bridgehead atoms. The van der Waals surface area contributed by atoms with Crippen molar-refractivity contribution in [3.05, 3.63) is 80.1 Å². The summed E-state index contributed by atoms with van der Waals surface area (Å²) in [6.45, 7) is 5.29. The third-order valence-corrected chi connectivity index (χ3v) is 6.90. The average molecular weight is 539 g/mol. The Bertz CT molecular complexity index is 1480. The van der Waals surface area contributed by atoms with E-state index in [-0.39, 0.29) is 35.0 Å². The van der Waals surface area contributed by atoms with Gasteiger partial charge in [-0.25, -0.2) is 0 Å². The highest BCUT2D eigenvalue weighted by molar-refractivity contribution is 7.99. The van der Waals surface area contributed by atoms with Gasteiger partial charge in [0.05, 0.1) is 17.2 Å². The van der Waals surface area contributed by atoms with Gasteiger partial charge in [0.1, 0.15) is 5.01 Å². The minimum absolute atomic E-state index is 0.0126. The number of carbonyl (C=O) groups excluding carboxylic acids is 2. The maximum absolute atomic E-state index is 12.9. The van der Waals surface area contributed by atoms with E-state index in [2.05, 4.69) is 31.0 Å². The zero-order valence-electron chi connectivity index (χ0n) is 20.1. The molecule has 14 heteroatoms. The molecule has 4 rings (SSSR count). The topological polar surface area (TPSA) is 158 Å². The van der Waals surface area contributed by atoms with Crippen molar-refractivity contribution in [2.45, 2.75) is 32.5 Å². The van der Waals surface area contributed by atoms with E-state index < -0.39 is 10.8 Å². The Balaban J connectivity index is 1.53. The summed E-state index contributed by atoms with van der Waals surface area (Å²) in [6.07, 6.45) is 0. The molecule has 37 heavy (non-hydrogen) atoms. The molecule has 0 fully saturated rings. The summed E-state index contributed by atoms with van der Waals surface area (Å²) >= 11 is 2.47. The highest BCUT2D eigenvalue weighted by Crippen LogP contribution is 2.24. The van der Waals surface area contributed by atoms with Gasteiger partial charge >= 0.3 is 0 Å². The molecule has 2 amide bonds. The molecule has 0 aliphatic heterocycles. The summed E-state index contributed by atoms with van der Waals surface area (Å²) in [7, 11) is 0. The predicted octanol–water partition coefficient (Wildman–Crippen LogP) is 3.61. The summed E-state index contributed by atoms with van der Waals surface area (Å²) in [4.78, 5) is 36.0. The van der Waals surface area contributed by atoms with Crippen LogP contribution in [-0.2, 0) is 11.3 Å². The number of nitro groups is 1. The largest absolute Gasteiger partial charge is 0.345 e. The second-order valence-corrected chi connectivity index (χ2v) is 10.0. The van der Waals surface area contributed by atoms with Crippen LogP contribution in [0.4, 0.5) is 10.8 Å². The van der Waals surface area contributed by atoms with E-state index >= 15 is 0 Å². The highest BCUT2D eigenvalue weighted by atomic mass is 32.2. The molecule has 0 aliphatic carbocycles. The fraction of sp³-hybridized carbons (Fsp3) is 0.217. The molecule has 0 unspecified atom stereocenters. The number of amides is 2.